The van der Waals surface area contributed by atoms with Crippen molar-refractivity contribution < 1.29 is 22.8 Å². The van der Waals surface area contributed by atoms with Gasteiger partial charge in [0.15, 0.2) is 0 Å². The molecule has 44 heavy (non-hydrogen) atoms. The Hall–Kier alpha value is -4.25. The largest absolute Gasteiger partial charge is 0.369 e. The first-order chi connectivity index (χ1) is 21.5. The van der Waals surface area contributed by atoms with Crippen LogP contribution in [0.4, 0.5) is 11.4 Å². The Morgan fingerprint density at radius 3 is 2.32 bits per heavy atom. The number of nitrogens with zero attached hydrogens (tertiary/aromatic N) is 3. The molecule has 1 N–H and O–H groups in total. The van der Waals surface area contributed by atoms with Crippen LogP contribution in [0, 0.1) is 0 Å². The highest BCUT2D eigenvalue weighted by molar-refractivity contribution is 7.89. The third-order valence-electron chi connectivity index (χ3n) is 7.98. The second kappa shape index (κ2) is 13.6. The van der Waals surface area contributed by atoms with E-state index in [1.165, 1.54) is 0 Å². The van der Waals surface area contributed by atoms with Crippen molar-refractivity contribution in [2.75, 3.05) is 43.0 Å². The van der Waals surface area contributed by atoms with Gasteiger partial charge in [0.2, 0.25) is 16.3 Å². The van der Waals surface area contributed by atoms with E-state index in [4.69, 9.17) is 9.57 Å². The number of benzene rings is 4. The van der Waals surface area contributed by atoms with Gasteiger partial charge >= 0.3 is 0 Å². The first kappa shape index (κ1) is 29.8. The van der Waals surface area contributed by atoms with Crippen LogP contribution in [0.2, 0.25) is 0 Å². The molecular weight excluding hydrogens is 576 g/mol. The summed E-state index contributed by atoms with van der Waals surface area (Å²) in [6, 6.07) is 30.3. The van der Waals surface area contributed by atoms with Gasteiger partial charge in [-0.1, -0.05) is 65.8 Å². The molecular formula is C34H36N4O5S. The minimum atomic E-state index is -3.59. The maximum atomic E-state index is 13.4. The molecule has 2 fully saturated rings. The van der Waals surface area contributed by atoms with Crippen molar-refractivity contribution >= 4 is 43.8 Å². The Bertz CT molecular complexity index is 1710. The molecule has 6 rings (SSSR count). The van der Waals surface area contributed by atoms with Gasteiger partial charge in [-0.15, -0.1) is 0 Å². The van der Waals surface area contributed by atoms with E-state index in [1.54, 1.807) is 16.4 Å². The summed E-state index contributed by atoms with van der Waals surface area (Å²) in [5.74, 6) is -0.343. The first-order valence-electron chi connectivity index (χ1n) is 15.0. The molecule has 9 nitrogen and oxygen atoms in total. The monoisotopic (exact) mass is 612 g/mol. The first-order valence-corrected chi connectivity index (χ1v) is 16.4. The highest BCUT2D eigenvalue weighted by Gasteiger charge is 2.29. The van der Waals surface area contributed by atoms with Crippen molar-refractivity contribution in [3.05, 3.63) is 103 Å². The van der Waals surface area contributed by atoms with Gasteiger partial charge in [0.05, 0.1) is 11.5 Å². The van der Waals surface area contributed by atoms with E-state index in [0.717, 1.165) is 41.3 Å². The highest BCUT2D eigenvalue weighted by atomic mass is 32.2. The number of sulfonamides is 1. The number of rotatable bonds is 9. The fourth-order valence-corrected chi connectivity index (χ4v) is 6.94. The van der Waals surface area contributed by atoms with Gasteiger partial charge in [-0.05, 0) is 65.6 Å². The minimum Gasteiger partial charge on any atom is -0.369 e. The lowest BCUT2D eigenvalue weighted by Crippen LogP contribution is -2.48. The van der Waals surface area contributed by atoms with E-state index in [9.17, 15) is 13.2 Å². The molecule has 2 heterocycles. The topological polar surface area (TPSA) is 101 Å². The summed E-state index contributed by atoms with van der Waals surface area (Å²) in [4.78, 5) is 21.3. The molecule has 0 spiro atoms. The Kier molecular flexibility index (Phi) is 9.20. The van der Waals surface area contributed by atoms with Crippen LogP contribution in [0.3, 0.4) is 0 Å². The van der Waals surface area contributed by atoms with Gasteiger partial charge in [-0.3, -0.25) is 4.79 Å². The maximum Gasteiger partial charge on any atom is 0.273 e. The van der Waals surface area contributed by atoms with Gasteiger partial charge < -0.3 is 19.8 Å². The Morgan fingerprint density at radius 2 is 1.59 bits per heavy atom. The van der Waals surface area contributed by atoms with E-state index < -0.39 is 16.3 Å². The summed E-state index contributed by atoms with van der Waals surface area (Å²) in [7, 11) is -3.59. The van der Waals surface area contributed by atoms with Gasteiger partial charge in [0, 0.05) is 50.4 Å². The number of anilines is 2. The number of hydrogen-bond donors (Lipinski definition) is 1. The number of carbonyl (C=O) groups excluding carboxylic acids is 1. The fraction of sp³-hybridized carbons (Fsp3) is 0.294. The molecule has 228 valence electrons. The molecule has 0 saturated carbocycles. The van der Waals surface area contributed by atoms with Crippen LogP contribution >= 0.6 is 0 Å². The van der Waals surface area contributed by atoms with E-state index in [-0.39, 0.29) is 11.6 Å². The molecule has 0 aliphatic carbocycles. The number of piperazine rings is 1. The van der Waals surface area contributed by atoms with Crippen LogP contribution in [0.1, 0.15) is 24.8 Å². The number of carbonyl (C=O) groups is 1. The summed E-state index contributed by atoms with van der Waals surface area (Å²) in [6.07, 6.45) is 2.63. The summed E-state index contributed by atoms with van der Waals surface area (Å²) >= 11 is 0. The maximum absolute atomic E-state index is 13.4. The van der Waals surface area contributed by atoms with E-state index >= 15 is 0 Å². The third kappa shape index (κ3) is 7.10. The Morgan fingerprint density at radius 1 is 0.864 bits per heavy atom. The van der Waals surface area contributed by atoms with Gasteiger partial charge in [-0.25, -0.2) is 8.42 Å². The smallest absolute Gasteiger partial charge is 0.273 e. The number of oxime groups is 1. The summed E-state index contributed by atoms with van der Waals surface area (Å²) < 4.78 is 33.9. The molecule has 2 aliphatic heterocycles. The van der Waals surface area contributed by atoms with Crippen LogP contribution < -0.4 is 10.2 Å². The number of ether oxygens (including phenoxy) is 1. The SMILES string of the molecule is O=C(Nc1ccc(N2CCN(S(=O)(=O)c3ccc4ccccc4c3)CC2)cc1)/C(Cc1ccccc1)=N/OC1CCCCO1. The lowest BCUT2D eigenvalue weighted by molar-refractivity contribution is -0.162. The summed E-state index contributed by atoms with van der Waals surface area (Å²) in [5.41, 5.74) is 2.80. The number of nitrogens with one attached hydrogen (secondary N) is 1. The molecule has 2 saturated heterocycles. The number of amides is 1. The van der Waals surface area contributed by atoms with E-state index in [1.807, 2.05) is 84.9 Å². The van der Waals surface area contributed by atoms with E-state index in [0.29, 0.717) is 49.8 Å². The van der Waals surface area contributed by atoms with Crippen LogP contribution in [-0.2, 0) is 30.8 Å². The van der Waals surface area contributed by atoms with Crippen LogP contribution in [0.25, 0.3) is 10.8 Å². The fourth-order valence-electron chi connectivity index (χ4n) is 5.48. The number of fused-ring (bicyclic) bond motifs is 1. The summed E-state index contributed by atoms with van der Waals surface area (Å²) in [5, 5.41) is 9.07. The zero-order chi connectivity index (χ0) is 30.4. The van der Waals surface area contributed by atoms with Gasteiger partial charge in [0.1, 0.15) is 5.71 Å². The van der Waals surface area contributed by atoms with Crippen molar-refractivity contribution in [3.8, 4) is 0 Å². The molecule has 1 unspecified atom stereocenters. The van der Waals surface area contributed by atoms with Crippen molar-refractivity contribution in [1.29, 1.82) is 0 Å². The molecule has 4 aromatic carbocycles. The third-order valence-corrected chi connectivity index (χ3v) is 9.88. The zero-order valence-electron chi connectivity index (χ0n) is 24.5. The average molecular weight is 613 g/mol. The molecule has 1 amide bonds. The molecule has 0 bridgehead atoms. The lowest BCUT2D eigenvalue weighted by Gasteiger charge is -2.35. The van der Waals surface area contributed by atoms with Crippen molar-refractivity contribution in [3.63, 3.8) is 0 Å². The number of hydrogen-bond acceptors (Lipinski definition) is 7. The standard InChI is InChI=1S/C34H36N4O5S/c39-34(32(24-26-8-2-1-3-9-26)36-43-33-12-6-7-23-42-33)35-29-14-16-30(17-15-29)37-19-21-38(22-20-37)44(40,41)31-18-13-27-10-4-5-11-28(27)25-31/h1-5,8-11,13-18,25,33H,6-7,12,19-24H2,(H,35,39)/b36-32+. The molecule has 1 atom stereocenters. The van der Waals surface area contributed by atoms with Crippen LogP contribution in [-0.4, -0.2) is 63.4 Å². The molecule has 10 heteroatoms. The Balaban J connectivity index is 1.07. The minimum absolute atomic E-state index is 0.262. The molecule has 0 aromatic heterocycles. The van der Waals surface area contributed by atoms with Crippen molar-refractivity contribution in [2.45, 2.75) is 36.9 Å². The quantitative estimate of drug-likeness (QED) is 0.200. The summed E-state index contributed by atoms with van der Waals surface area (Å²) in [6.45, 7) is 2.53. The van der Waals surface area contributed by atoms with Gasteiger partial charge in [-0.2, -0.15) is 4.31 Å². The van der Waals surface area contributed by atoms with Gasteiger partial charge in [0.25, 0.3) is 5.91 Å². The van der Waals surface area contributed by atoms with Crippen LogP contribution in [0.15, 0.2) is 107 Å². The van der Waals surface area contributed by atoms with E-state index in [2.05, 4.69) is 15.4 Å². The lowest BCUT2D eigenvalue weighted by atomic mass is 10.1. The highest BCUT2D eigenvalue weighted by Crippen LogP contribution is 2.25. The molecule has 0 radical (unpaired) electrons. The van der Waals surface area contributed by atoms with Crippen LogP contribution in [0.5, 0.6) is 0 Å². The predicted octanol–water partition coefficient (Wildman–Crippen LogP) is 5.43. The second-order valence-electron chi connectivity index (χ2n) is 11.0. The molecule has 4 aromatic rings. The average Bonchev–Trinajstić information content (AvgIpc) is 3.07. The predicted molar refractivity (Wildman–Crippen MR) is 172 cm³/mol. The van der Waals surface area contributed by atoms with Crippen molar-refractivity contribution in [1.82, 2.24) is 4.31 Å². The van der Waals surface area contributed by atoms with Crippen molar-refractivity contribution in [2.24, 2.45) is 5.16 Å². The normalized spacial score (nSPS) is 18.2. The Labute approximate surface area is 258 Å². The molecule has 2 aliphatic rings. The zero-order valence-corrected chi connectivity index (χ0v) is 25.3. The second-order valence-corrected chi connectivity index (χ2v) is 12.9.